The molecule has 0 aliphatic rings. The van der Waals surface area contributed by atoms with E-state index in [0.717, 1.165) is 22.9 Å². The topological polar surface area (TPSA) is 42.5 Å². The van der Waals surface area contributed by atoms with E-state index in [9.17, 15) is 0 Å². The van der Waals surface area contributed by atoms with Crippen LogP contribution in [0.25, 0.3) is 0 Å². The Kier molecular flexibility index (Phi) is 12.8. The summed E-state index contributed by atoms with van der Waals surface area (Å²) in [6.07, 6.45) is 0. The van der Waals surface area contributed by atoms with E-state index >= 15 is 0 Å². The van der Waals surface area contributed by atoms with Crippen molar-refractivity contribution >= 4 is 66.4 Å². The van der Waals surface area contributed by atoms with Gasteiger partial charge in [-0.15, -0.1) is 0 Å². The smallest absolute Gasteiger partial charge is 1.00 e. The molecule has 0 heterocycles. The third-order valence-electron chi connectivity index (χ3n) is 2.85. The summed E-state index contributed by atoms with van der Waals surface area (Å²) >= 11 is 5.30. The van der Waals surface area contributed by atoms with Gasteiger partial charge in [-0.25, -0.2) is 0 Å². The molecule has 0 saturated heterocycles. The number of nitrogens with one attached hydrogen (secondary N) is 2. The molecule has 2 aromatic rings. The van der Waals surface area contributed by atoms with Crippen LogP contribution in [0.15, 0.2) is 48.5 Å². The average molecular weight is 406 g/mol. The quantitative estimate of drug-likeness (QED) is 0.558. The van der Waals surface area contributed by atoms with Gasteiger partial charge in [-0.1, -0.05) is 0 Å². The zero-order valence-electron chi connectivity index (χ0n) is 16.0. The maximum atomic E-state index is 5.40. The molecule has 7 heteroatoms. The second-order valence-electron chi connectivity index (χ2n) is 4.49. The molecule has 24 heavy (non-hydrogen) atoms. The van der Waals surface area contributed by atoms with Gasteiger partial charge in [-0.2, -0.15) is 0 Å². The molecular weight excluding hydrogens is 384 g/mol. The number of anilines is 2. The number of benzene rings is 2. The minimum absolute atomic E-state index is 0. The molecule has 4 nitrogen and oxygen atoms in total. The van der Waals surface area contributed by atoms with E-state index in [4.69, 9.17) is 21.7 Å². The van der Waals surface area contributed by atoms with Crippen LogP contribution in [0.5, 0.6) is 11.5 Å². The summed E-state index contributed by atoms with van der Waals surface area (Å²) in [6, 6.07) is 15.3. The molecule has 0 aliphatic heterocycles. The first-order valence-electron chi connectivity index (χ1n) is 7.25. The molecule has 0 aliphatic carbocycles. The molecule has 0 amide bonds. The Hall–Kier alpha value is -0.296. The van der Waals surface area contributed by atoms with Crippen LogP contribution in [0.4, 0.5) is 11.4 Å². The third kappa shape index (κ3) is 8.19. The first kappa shape index (κ1) is 23.7. The van der Waals surface area contributed by atoms with Gasteiger partial charge in [-0.05, 0) is 74.6 Å². The first-order valence-corrected chi connectivity index (χ1v) is 7.65. The molecule has 0 unspecified atom stereocenters. The first-order chi connectivity index (χ1) is 10.7. The van der Waals surface area contributed by atoms with Crippen molar-refractivity contribution in [2.45, 2.75) is 13.8 Å². The second-order valence-corrected chi connectivity index (χ2v) is 4.90. The molecule has 0 fully saturated rings. The Labute approximate surface area is 196 Å². The van der Waals surface area contributed by atoms with Crippen LogP contribution in [-0.2, 0) is 21.7 Å². The van der Waals surface area contributed by atoms with Crippen LogP contribution in [0.2, 0.25) is 0 Å². The molecule has 0 atom stereocenters. The van der Waals surface area contributed by atoms with Gasteiger partial charge in [0.1, 0.15) is 11.5 Å². The molecule has 0 saturated carbocycles. The summed E-state index contributed by atoms with van der Waals surface area (Å²) in [4.78, 5) is 0. The molecule has 2 aromatic carbocycles. The molecule has 0 spiro atoms. The van der Waals surface area contributed by atoms with Crippen LogP contribution in [0.1, 0.15) is 16.7 Å². The van der Waals surface area contributed by atoms with Gasteiger partial charge in [0.25, 0.3) is 0 Å². The largest absolute Gasteiger partial charge is 2.00 e. The molecule has 2 N–H and O–H groups in total. The molecule has 2 rings (SSSR count). The van der Waals surface area contributed by atoms with E-state index in [1.54, 1.807) is 0 Å². The SMILES string of the molecule is CCOc1ccc(NC(=S)Nc2ccc(OCC)cc2)cc1.[Ca+2].[H-].[H-].[Ti]. The summed E-state index contributed by atoms with van der Waals surface area (Å²) < 4.78 is 10.8. The van der Waals surface area contributed by atoms with Crippen molar-refractivity contribution in [3.63, 3.8) is 0 Å². The minimum atomic E-state index is 0. The number of rotatable bonds is 6. The van der Waals surface area contributed by atoms with Crippen molar-refractivity contribution in [1.82, 2.24) is 0 Å². The summed E-state index contributed by atoms with van der Waals surface area (Å²) in [5.74, 6) is 1.69. The zero-order chi connectivity index (χ0) is 15.8. The van der Waals surface area contributed by atoms with Crippen molar-refractivity contribution in [3.05, 3.63) is 48.5 Å². The average Bonchev–Trinajstić information content (AvgIpc) is 2.52. The Morgan fingerprint density at radius 2 is 1.17 bits per heavy atom. The van der Waals surface area contributed by atoms with E-state index in [1.165, 1.54) is 0 Å². The standard InChI is InChI=1S/C17H20N2O2S.Ca.Ti.2H/c1-3-20-15-9-5-13(6-10-15)18-17(22)19-14-7-11-16(12-8-14)21-4-2;;;;/h5-12H,3-4H2,1-2H3,(H2,18,19,22);;;;/q;+2;;2*-1. The van der Waals surface area contributed by atoms with Crippen molar-refractivity contribution < 1.29 is 34.0 Å². The Bertz CT molecular complexity index is 566. The fraction of sp³-hybridized carbons (Fsp3) is 0.235. The summed E-state index contributed by atoms with van der Waals surface area (Å²) in [6.45, 7) is 5.24. The zero-order valence-corrected chi connectivity index (χ0v) is 18.6. The third-order valence-corrected chi connectivity index (χ3v) is 3.05. The van der Waals surface area contributed by atoms with Gasteiger partial charge in [0.05, 0.1) is 13.2 Å². The predicted octanol–water partition coefficient (Wildman–Crippen LogP) is 4.13. The number of hydrogen-bond donors (Lipinski definition) is 2. The molecular formula is C17H22CaN2O2STi. The molecule has 124 valence electrons. The fourth-order valence-corrected chi connectivity index (χ4v) is 2.13. The molecule has 0 aromatic heterocycles. The number of ether oxygens (including phenoxy) is 2. The Morgan fingerprint density at radius 3 is 1.46 bits per heavy atom. The van der Waals surface area contributed by atoms with Gasteiger partial charge < -0.3 is 23.0 Å². The second kappa shape index (κ2) is 13.0. The van der Waals surface area contributed by atoms with Crippen molar-refractivity contribution in [1.29, 1.82) is 0 Å². The van der Waals surface area contributed by atoms with Crippen LogP contribution in [0.3, 0.4) is 0 Å². The number of hydrogen-bond acceptors (Lipinski definition) is 3. The predicted molar refractivity (Wildman–Crippen MR) is 103 cm³/mol. The van der Waals surface area contributed by atoms with E-state index in [-0.39, 0.29) is 62.3 Å². The monoisotopic (exact) mass is 406 g/mol. The summed E-state index contributed by atoms with van der Waals surface area (Å²) in [5.41, 5.74) is 1.82. The van der Waals surface area contributed by atoms with Crippen molar-refractivity contribution in [3.8, 4) is 11.5 Å². The summed E-state index contributed by atoms with van der Waals surface area (Å²) in [5, 5.41) is 6.80. The van der Waals surface area contributed by atoms with Gasteiger partial charge in [0, 0.05) is 33.1 Å². The minimum Gasteiger partial charge on any atom is -1.00 e. The van der Waals surface area contributed by atoms with E-state index in [1.807, 2.05) is 62.4 Å². The Balaban J connectivity index is -0.00000132. The molecule has 0 radical (unpaired) electrons. The van der Waals surface area contributed by atoms with Crippen LogP contribution >= 0.6 is 12.2 Å². The van der Waals surface area contributed by atoms with Crippen molar-refractivity contribution in [2.24, 2.45) is 0 Å². The van der Waals surface area contributed by atoms with Gasteiger partial charge in [0.15, 0.2) is 5.11 Å². The van der Waals surface area contributed by atoms with E-state index in [0.29, 0.717) is 18.3 Å². The van der Waals surface area contributed by atoms with Crippen LogP contribution in [-0.4, -0.2) is 56.1 Å². The van der Waals surface area contributed by atoms with E-state index in [2.05, 4.69) is 10.6 Å². The fourth-order valence-electron chi connectivity index (χ4n) is 1.90. The van der Waals surface area contributed by atoms with E-state index < -0.39 is 0 Å². The number of thiocarbonyl (C=S) groups is 1. The maximum Gasteiger partial charge on any atom is 2.00 e. The van der Waals surface area contributed by atoms with Gasteiger partial charge in [0.2, 0.25) is 0 Å². The van der Waals surface area contributed by atoms with Crippen molar-refractivity contribution in [2.75, 3.05) is 23.8 Å². The Morgan fingerprint density at radius 1 is 0.833 bits per heavy atom. The van der Waals surface area contributed by atoms with Crippen LogP contribution < -0.4 is 20.1 Å². The van der Waals surface area contributed by atoms with Crippen LogP contribution in [0, 0.1) is 0 Å². The summed E-state index contributed by atoms with van der Waals surface area (Å²) in [7, 11) is 0. The van der Waals surface area contributed by atoms with Gasteiger partial charge >= 0.3 is 37.7 Å². The molecule has 0 bridgehead atoms. The maximum absolute atomic E-state index is 5.40. The van der Waals surface area contributed by atoms with Gasteiger partial charge in [-0.3, -0.25) is 0 Å². The normalized spacial score (nSPS) is 9.08.